The van der Waals surface area contributed by atoms with Gasteiger partial charge in [0, 0.05) is 38.6 Å². The lowest BCUT2D eigenvalue weighted by atomic mass is 9.93. The van der Waals surface area contributed by atoms with Crippen molar-refractivity contribution in [3.8, 4) is 50.2 Å². The Kier molecular flexibility index (Phi) is 8.83. The maximum atomic E-state index is 6.69. The summed E-state index contributed by atoms with van der Waals surface area (Å²) in [6.07, 6.45) is 0. The van der Waals surface area contributed by atoms with E-state index in [0.717, 1.165) is 66.9 Å². The van der Waals surface area contributed by atoms with Crippen molar-refractivity contribution in [2.75, 3.05) is 4.90 Å². The number of anilines is 3. The molecule has 2 heterocycles. The number of hydrogen-bond donors (Lipinski definition) is 0. The first-order chi connectivity index (χ1) is 31.3. The highest BCUT2D eigenvalue weighted by Crippen LogP contribution is 2.45. The smallest absolute Gasteiger partial charge is 0.159 e. The number of rotatable bonds is 8. The summed E-state index contributed by atoms with van der Waals surface area (Å²) in [6, 6.07) is 86.9. The van der Waals surface area contributed by atoms with Crippen molar-refractivity contribution in [2.24, 2.45) is 0 Å². The Bertz CT molecular complexity index is 3590. The largest absolute Gasteiger partial charge is 0.454 e. The van der Waals surface area contributed by atoms with E-state index in [1.54, 1.807) is 0 Å². The standard InChI is InChI=1S/C60H40N2O/c1-4-16-43(17-5-1)49-39-38-48(40-54(49)44-18-6-2-7-19-44)61(57-28-15-25-52-51-22-11-13-29-58(51)63-60(52)57)47-36-34-42(35-37-47)41-30-32-45(33-31-41)50-24-14-27-56-59(50)53-23-10-12-26-55(53)62(56)46-20-8-3-9-21-46/h1-40H. The SMILES string of the molecule is c1ccc(-c2ccc(N(c3ccc(-c4ccc(-c5cccc6c5c5ccccc5n6-c5ccccc5)cc4)cc3)c3cccc4c3oc3ccccc34)cc2-c2ccccc2)cc1. The second kappa shape index (κ2) is 15.3. The summed E-state index contributed by atoms with van der Waals surface area (Å²) >= 11 is 0. The van der Waals surface area contributed by atoms with Crippen molar-refractivity contribution in [2.45, 2.75) is 0 Å². The molecule has 0 N–H and O–H groups in total. The molecule has 0 fully saturated rings. The Morgan fingerprint density at radius 3 is 1.62 bits per heavy atom. The third kappa shape index (κ3) is 6.29. The van der Waals surface area contributed by atoms with E-state index in [1.807, 2.05) is 6.07 Å². The van der Waals surface area contributed by atoms with E-state index in [0.29, 0.717) is 0 Å². The summed E-state index contributed by atoms with van der Waals surface area (Å²) in [5.41, 5.74) is 17.8. The average molecular weight is 805 g/mol. The molecule has 12 rings (SSSR count). The van der Waals surface area contributed by atoms with Crippen LogP contribution in [0.2, 0.25) is 0 Å². The molecule has 10 aromatic carbocycles. The first-order valence-electron chi connectivity index (χ1n) is 21.5. The second-order valence-electron chi connectivity index (χ2n) is 16.1. The Morgan fingerprint density at radius 1 is 0.333 bits per heavy atom. The number of furan rings is 1. The van der Waals surface area contributed by atoms with Gasteiger partial charge in [0.05, 0.1) is 16.7 Å². The highest BCUT2D eigenvalue weighted by molar-refractivity contribution is 6.16. The van der Waals surface area contributed by atoms with Crippen LogP contribution >= 0.6 is 0 Å². The maximum absolute atomic E-state index is 6.69. The van der Waals surface area contributed by atoms with Gasteiger partial charge < -0.3 is 13.9 Å². The molecular weight excluding hydrogens is 765 g/mol. The van der Waals surface area contributed by atoms with Crippen molar-refractivity contribution in [3.63, 3.8) is 0 Å². The fourth-order valence-corrected chi connectivity index (χ4v) is 9.49. The molecule has 0 aliphatic rings. The van der Waals surface area contributed by atoms with E-state index >= 15 is 0 Å². The van der Waals surface area contributed by atoms with Crippen molar-refractivity contribution in [1.29, 1.82) is 0 Å². The number of nitrogens with zero attached hydrogens (tertiary/aromatic N) is 2. The first kappa shape index (κ1) is 36.5. The minimum Gasteiger partial charge on any atom is -0.454 e. The number of hydrogen-bond acceptors (Lipinski definition) is 2. The fourth-order valence-electron chi connectivity index (χ4n) is 9.49. The van der Waals surface area contributed by atoms with Crippen LogP contribution in [-0.4, -0.2) is 4.57 Å². The molecule has 0 spiro atoms. The van der Waals surface area contributed by atoms with Crippen molar-refractivity contribution < 1.29 is 4.42 Å². The summed E-state index contributed by atoms with van der Waals surface area (Å²) in [6.45, 7) is 0. The van der Waals surface area contributed by atoms with Gasteiger partial charge in [-0.1, -0.05) is 182 Å². The summed E-state index contributed by atoms with van der Waals surface area (Å²) in [7, 11) is 0. The van der Waals surface area contributed by atoms with Crippen LogP contribution < -0.4 is 4.90 Å². The molecule has 2 aromatic heterocycles. The van der Waals surface area contributed by atoms with Crippen LogP contribution in [-0.2, 0) is 0 Å². The lowest BCUT2D eigenvalue weighted by Gasteiger charge is -2.27. The lowest BCUT2D eigenvalue weighted by molar-refractivity contribution is 0.669. The number of aromatic nitrogens is 1. The van der Waals surface area contributed by atoms with Gasteiger partial charge in [0.1, 0.15) is 5.58 Å². The van der Waals surface area contributed by atoms with Gasteiger partial charge in [-0.05, 0) is 105 Å². The van der Waals surface area contributed by atoms with Gasteiger partial charge in [0.15, 0.2) is 5.58 Å². The Balaban J connectivity index is 0.960. The molecule has 0 atom stereocenters. The number of para-hydroxylation sites is 4. The number of fused-ring (bicyclic) bond motifs is 6. The van der Waals surface area contributed by atoms with Gasteiger partial charge in [-0.15, -0.1) is 0 Å². The summed E-state index contributed by atoms with van der Waals surface area (Å²) in [5.74, 6) is 0. The molecule has 3 heteroatoms. The van der Waals surface area contributed by atoms with Gasteiger partial charge in [0.25, 0.3) is 0 Å². The highest BCUT2D eigenvalue weighted by atomic mass is 16.3. The maximum Gasteiger partial charge on any atom is 0.159 e. The third-order valence-corrected chi connectivity index (χ3v) is 12.4. The fraction of sp³-hybridized carbons (Fsp3) is 0. The van der Waals surface area contributed by atoms with Gasteiger partial charge in [0.2, 0.25) is 0 Å². The molecule has 3 nitrogen and oxygen atoms in total. The molecule has 0 amide bonds. The van der Waals surface area contributed by atoms with Crippen LogP contribution in [0.4, 0.5) is 17.1 Å². The van der Waals surface area contributed by atoms with Crippen LogP contribution in [0.1, 0.15) is 0 Å². The zero-order valence-electron chi connectivity index (χ0n) is 34.4. The molecular formula is C60H40N2O. The van der Waals surface area contributed by atoms with Crippen LogP contribution in [0.5, 0.6) is 0 Å². The lowest BCUT2D eigenvalue weighted by Crippen LogP contribution is -2.10. The third-order valence-electron chi connectivity index (χ3n) is 12.4. The predicted octanol–water partition coefficient (Wildman–Crippen LogP) is 16.8. The topological polar surface area (TPSA) is 21.3 Å². The van der Waals surface area contributed by atoms with Gasteiger partial charge in [-0.25, -0.2) is 0 Å². The quantitative estimate of drug-likeness (QED) is 0.153. The Morgan fingerprint density at radius 2 is 0.873 bits per heavy atom. The van der Waals surface area contributed by atoms with Crippen molar-refractivity contribution in [1.82, 2.24) is 4.57 Å². The van der Waals surface area contributed by atoms with E-state index in [1.165, 1.54) is 44.1 Å². The van der Waals surface area contributed by atoms with E-state index in [2.05, 4.69) is 246 Å². The van der Waals surface area contributed by atoms with E-state index in [4.69, 9.17) is 4.42 Å². The van der Waals surface area contributed by atoms with Crippen molar-refractivity contribution >= 4 is 60.8 Å². The molecule has 0 saturated carbocycles. The molecule has 0 aliphatic carbocycles. The van der Waals surface area contributed by atoms with Crippen LogP contribution in [0.3, 0.4) is 0 Å². The minimum atomic E-state index is 0.855. The van der Waals surface area contributed by atoms with Crippen LogP contribution in [0.25, 0.3) is 93.9 Å². The molecule has 0 saturated heterocycles. The zero-order chi connectivity index (χ0) is 41.7. The second-order valence-corrected chi connectivity index (χ2v) is 16.1. The molecule has 0 radical (unpaired) electrons. The van der Waals surface area contributed by atoms with E-state index in [9.17, 15) is 0 Å². The predicted molar refractivity (Wildman–Crippen MR) is 264 cm³/mol. The van der Waals surface area contributed by atoms with E-state index < -0.39 is 0 Å². The zero-order valence-corrected chi connectivity index (χ0v) is 34.4. The number of benzene rings is 10. The molecule has 296 valence electrons. The summed E-state index contributed by atoms with van der Waals surface area (Å²) < 4.78 is 9.06. The Labute approximate surface area is 366 Å². The summed E-state index contributed by atoms with van der Waals surface area (Å²) in [4.78, 5) is 2.34. The highest BCUT2D eigenvalue weighted by Gasteiger charge is 2.22. The summed E-state index contributed by atoms with van der Waals surface area (Å²) in [5, 5.41) is 4.71. The van der Waals surface area contributed by atoms with Gasteiger partial charge >= 0.3 is 0 Å². The molecule has 12 aromatic rings. The average Bonchev–Trinajstić information content (AvgIpc) is 3.92. The molecule has 0 aliphatic heterocycles. The molecule has 0 bridgehead atoms. The van der Waals surface area contributed by atoms with Gasteiger partial charge in [-0.3, -0.25) is 0 Å². The molecule has 63 heavy (non-hydrogen) atoms. The Hall–Kier alpha value is -8.40. The van der Waals surface area contributed by atoms with E-state index in [-0.39, 0.29) is 0 Å². The van der Waals surface area contributed by atoms with Crippen LogP contribution in [0.15, 0.2) is 247 Å². The van der Waals surface area contributed by atoms with Crippen LogP contribution in [0, 0.1) is 0 Å². The molecule has 0 unspecified atom stereocenters. The monoisotopic (exact) mass is 804 g/mol. The normalized spacial score (nSPS) is 11.5. The van der Waals surface area contributed by atoms with Crippen molar-refractivity contribution in [3.05, 3.63) is 243 Å². The van der Waals surface area contributed by atoms with Gasteiger partial charge in [-0.2, -0.15) is 0 Å². The first-order valence-corrected chi connectivity index (χ1v) is 21.5. The minimum absolute atomic E-state index is 0.855.